The molecule has 92 valence electrons. The molecule has 5 heteroatoms. The number of amides is 2. The van der Waals surface area contributed by atoms with Gasteiger partial charge >= 0.3 is 6.03 Å². The van der Waals surface area contributed by atoms with Crippen molar-refractivity contribution in [1.29, 1.82) is 0 Å². The zero-order valence-corrected chi connectivity index (χ0v) is 10.1. The second-order valence-electron chi connectivity index (χ2n) is 5.04. The van der Waals surface area contributed by atoms with Gasteiger partial charge in [0.1, 0.15) is 0 Å². The van der Waals surface area contributed by atoms with Crippen LogP contribution in [0.2, 0.25) is 0 Å². The first kappa shape index (κ1) is 10.6. The van der Waals surface area contributed by atoms with Gasteiger partial charge in [0.25, 0.3) is 0 Å². The highest BCUT2D eigenvalue weighted by atomic mass is 16.2. The second-order valence-corrected chi connectivity index (χ2v) is 5.04. The Balaban J connectivity index is 1.62. The summed E-state index contributed by atoms with van der Waals surface area (Å²) in [6.45, 7) is 4.49. The molecule has 3 rings (SSSR count). The van der Waals surface area contributed by atoms with Gasteiger partial charge in [-0.05, 0) is 19.8 Å². The lowest BCUT2D eigenvalue weighted by molar-refractivity contribution is 0.196. The van der Waals surface area contributed by atoms with Crippen molar-refractivity contribution in [3.8, 4) is 0 Å². The minimum Gasteiger partial charge on any atom is -0.336 e. The van der Waals surface area contributed by atoms with Crippen molar-refractivity contribution in [2.75, 3.05) is 13.1 Å². The molecule has 1 aliphatic carbocycles. The van der Waals surface area contributed by atoms with Crippen LogP contribution in [0, 0.1) is 0 Å². The van der Waals surface area contributed by atoms with Crippen molar-refractivity contribution >= 4 is 6.03 Å². The van der Waals surface area contributed by atoms with Gasteiger partial charge in [-0.25, -0.2) is 9.78 Å². The summed E-state index contributed by atoms with van der Waals surface area (Å²) in [5.41, 5.74) is 1.21. The fourth-order valence-electron chi connectivity index (χ4n) is 2.38. The largest absolute Gasteiger partial charge is 0.336 e. The lowest BCUT2D eigenvalue weighted by atomic mass is 10.3. The molecule has 5 nitrogen and oxygen atoms in total. The molecule has 1 aliphatic heterocycles. The molecule has 17 heavy (non-hydrogen) atoms. The molecule has 1 atom stereocenters. The number of rotatable bonds is 4. The van der Waals surface area contributed by atoms with E-state index in [-0.39, 0.29) is 12.1 Å². The number of nitrogens with zero attached hydrogens (tertiary/aromatic N) is 3. The third kappa shape index (κ3) is 2.14. The molecular weight excluding hydrogens is 216 g/mol. The number of hydrogen-bond donors (Lipinski definition) is 1. The van der Waals surface area contributed by atoms with E-state index in [0.717, 1.165) is 19.6 Å². The molecule has 2 fully saturated rings. The lowest BCUT2D eigenvalue weighted by Gasteiger charge is -2.23. The van der Waals surface area contributed by atoms with E-state index in [9.17, 15) is 4.79 Å². The Morgan fingerprint density at radius 3 is 3.06 bits per heavy atom. The predicted octanol–water partition coefficient (Wildman–Crippen LogP) is 1.17. The molecule has 0 unspecified atom stereocenters. The smallest absolute Gasteiger partial charge is 0.317 e. The van der Waals surface area contributed by atoms with Gasteiger partial charge < -0.3 is 14.8 Å². The van der Waals surface area contributed by atoms with Crippen molar-refractivity contribution in [1.82, 2.24) is 19.8 Å². The van der Waals surface area contributed by atoms with Crippen LogP contribution in [0.15, 0.2) is 12.5 Å². The van der Waals surface area contributed by atoms with Crippen molar-refractivity contribution < 1.29 is 4.79 Å². The molecule has 2 heterocycles. The average Bonchev–Trinajstić information content (AvgIpc) is 2.90. The highest BCUT2D eigenvalue weighted by molar-refractivity contribution is 5.76. The van der Waals surface area contributed by atoms with Crippen LogP contribution in [0.5, 0.6) is 0 Å². The molecule has 0 radical (unpaired) electrons. The van der Waals surface area contributed by atoms with E-state index in [1.165, 1.54) is 18.5 Å². The van der Waals surface area contributed by atoms with Gasteiger partial charge in [0.2, 0.25) is 0 Å². The fraction of sp³-hybridized carbons (Fsp3) is 0.667. The number of nitrogens with one attached hydrogen (secondary N) is 1. The number of urea groups is 1. The van der Waals surface area contributed by atoms with Gasteiger partial charge in [-0.2, -0.15) is 0 Å². The third-order valence-electron chi connectivity index (χ3n) is 3.55. The van der Waals surface area contributed by atoms with Gasteiger partial charge in [-0.3, -0.25) is 0 Å². The number of carbonyl (C=O) groups excluding carboxylic acids is 1. The molecule has 0 spiro atoms. The van der Waals surface area contributed by atoms with E-state index in [1.54, 1.807) is 0 Å². The van der Waals surface area contributed by atoms with E-state index in [0.29, 0.717) is 5.92 Å². The molecule has 1 N–H and O–H groups in total. The molecule has 2 amide bonds. The fourth-order valence-corrected chi connectivity index (χ4v) is 2.38. The van der Waals surface area contributed by atoms with Crippen molar-refractivity contribution in [2.24, 2.45) is 0 Å². The minimum atomic E-state index is 0.0556. The molecule has 0 bridgehead atoms. The zero-order valence-electron chi connectivity index (χ0n) is 10.1. The maximum atomic E-state index is 11.5. The van der Waals surface area contributed by atoms with E-state index >= 15 is 0 Å². The number of aromatic nitrogens is 2. The summed E-state index contributed by atoms with van der Waals surface area (Å²) < 4.78 is 2.10. The van der Waals surface area contributed by atoms with Gasteiger partial charge in [0.05, 0.1) is 12.0 Å². The van der Waals surface area contributed by atoms with Crippen LogP contribution in [0.1, 0.15) is 31.4 Å². The van der Waals surface area contributed by atoms with E-state index in [4.69, 9.17) is 0 Å². The van der Waals surface area contributed by atoms with Crippen molar-refractivity contribution in [2.45, 2.75) is 38.3 Å². The predicted molar refractivity (Wildman–Crippen MR) is 63.8 cm³/mol. The molecule has 1 saturated heterocycles. The molecule has 1 aromatic heterocycles. The topological polar surface area (TPSA) is 50.2 Å². The first-order chi connectivity index (χ1) is 8.24. The standard InChI is InChI=1S/C12H18N4O/c1-9(16-5-4-13-12(16)17)6-15-7-11(14-8-15)10-2-3-10/h7-10H,2-6H2,1H3,(H,13,17)/t9-/m1/s1. The Kier molecular flexibility index (Phi) is 2.53. The Morgan fingerprint density at radius 1 is 1.59 bits per heavy atom. The maximum absolute atomic E-state index is 11.5. The van der Waals surface area contributed by atoms with Crippen LogP contribution in [-0.4, -0.2) is 39.6 Å². The summed E-state index contributed by atoms with van der Waals surface area (Å²) in [6.07, 6.45) is 6.57. The van der Waals surface area contributed by atoms with Gasteiger partial charge in [0.15, 0.2) is 0 Å². The van der Waals surface area contributed by atoms with Crippen molar-refractivity contribution in [3.63, 3.8) is 0 Å². The van der Waals surface area contributed by atoms with E-state index < -0.39 is 0 Å². The summed E-state index contributed by atoms with van der Waals surface area (Å²) in [6, 6.07) is 0.277. The van der Waals surface area contributed by atoms with Crippen LogP contribution >= 0.6 is 0 Å². The van der Waals surface area contributed by atoms with Crippen LogP contribution in [-0.2, 0) is 6.54 Å². The Labute approximate surface area is 101 Å². The number of imidazole rings is 1. The summed E-state index contributed by atoms with van der Waals surface area (Å²) in [7, 11) is 0. The molecule has 1 saturated carbocycles. The first-order valence-electron chi connectivity index (χ1n) is 6.30. The quantitative estimate of drug-likeness (QED) is 0.850. The highest BCUT2D eigenvalue weighted by Gasteiger charge is 2.27. The Hall–Kier alpha value is -1.52. The molecule has 2 aliphatic rings. The SMILES string of the molecule is C[C@H](Cn1cnc(C2CC2)c1)N1CCNC1=O. The van der Waals surface area contributed by atoms with Gasteiger partial charge in [-0.1, -0.05) is 0 Å². The van der Waals surface area contributed by atoms with Crippen LogP contribution in [0.3, 0.4) is 0 Å². The van der Waals surface area contributed by atoms with E-state index in [2.05, 4.69) is 28.0 Å². The molecule has 0 aromatic carbocycles. The van der Waals surface area contributed by atoms with E-state index in [1.807, 2.05) is 11.2 Å². The van der Waals surface area contributed by atoms with Crippen molar-refractivity contribution in [3.05, 3.63) is 18.2 Å². The van der Waals surface area contributed by atoms with Crippen LogP contribution in [0.4, 0.5) is 4.79 Å². The third-order valence-corrected chi connectivity index (χ3v) is 3.55. The number of carbonyl (C=O) groups is 1. The average molecular weight is 234 g/mol. The Bertz CT molecular complexity index is 424. The summed E-state index contributed by atoms with van der Waals surface area (Å²) >= 11 is 0. The summed E-state index contributed by atoms with van der Waals surface area (Å²) in [5.74, 6) is 0.696. The molecular formula is C12H18N4O. The van der Waals surface area contributed by atoms with Crippen LogP contribution in [0.25, 0.3) is 0 Å². The number of hydrogen-bond acceptors (Lipinski definition) is 2. The summed E-state index contributed by atoms with van der Waals surface area (Å²) in [4.78, 5) is 17.8. The Morgan fingerprint density at radius 2 is 2.41 bits per heavy atom. The first-order valence-corrected chi connectivity index (χ1v) is 6.30. The normalized spacial score (nSPS) is 21.7. The van der Waals surface area contributed by atoms with Crippen LogP contribution < -0.4 is 5.32 Å². The second kappa shape index (κ2) is 4.05. The minimum absolute atomic E-state index is 0.0556. The zero-order chi connectivity index (χ0) is 11.8. The lowest BCUT2D eigenvalue weighted by Crippen LogP contribution is -2.38. The monoisotopic (exact) mass is 234 g/mol. The summed E-state index contributed by atoms with van der Waals surface area (Å²) in [5, 5.41) is 2.83. The van der Waals surface area contributed by atoms with Gasteiger partial charge in [0, 0.05) is 37.8 Å². The maximum Gasteiger partial charge on any atom is 0.317 e. The molecule has 1 aromatic rings. The highest BCUT2D eigenvalue weighted by Crippen LogP contribution is 2.38. The van der Waals surface area contributed by atoms with Gasteiger partial charge in [-0.15, -0.1) is 0 Å².